The molecular formula is C19H19N3Se. The molecular weight excluding hydrogens is 349 g/mol. The summed E-state index contributed by atoms with van der Waals surface area (Å²) in [5.41, 5.74) is 3.90. The molecule has 0 fully saturated rings. The Morgan fingerprint density at radius 2 is 1.52 bits per heavy atom. The summed E-state index contributed by atoms with van der Waals surface area (Å²) in [6, 6.07) is 22.1. The summed E-state index contributed by atoms with van der Waals surface area (Å²) in [6.07, 6.45) is 0. The molecule has 1 aliphatic rings. The molecule has 116 valence electrons. The van der Waals surface area contributed by atoms with Gasteiger partial charge in [-0.2, -0.15) is 0 Å². The molecule has 0 spiro atoms. The monoisotopic (exact) mass is 369 g/mol. The molecule has 3 aromatic rings. The van der Waals surface area contributed by atoms with Crippen molar-refractivity contribution in [3.63, 3.8) is 0 Å². The minimum absolute atomic E-state index is 0.125. The summed E-state index contributed by atoms with van der Waals surface area (Å²) in [5, 5.41) is 4.53. The molecule has 23 heavy (non-hydrogen) atoms. The zero-order chi connectivity index (χ0) is 15.8. The van der Waals surface area contributed by atoms with Crippen LogP contribution in [-0.2, 0) is 0 Å². The van der Waals surface area contributed by atoms with Gasteiger partial charge in [-0.15, -0.1) is 0 Å². The zero-order valence-corrected chi connectivity index (χ0v) is 15.0. The van der Waals surface area contributed by atoms with Gasteiger partial charge in [0.15, 0.2) is 0 Å². The van der Waals surface area contributed by atoms with Crippen LogP contribution >= 0.6 is 0 Å². The first kappa shape index (κ1) is 14.8. The summed E-state index contributed by atoms with van der Waals surface area (Å²) in [4.78, 5) is 2.51. The molecule has 0 unspecified atom stereocenters. The van der Waals surface area contributed by atoms with Crippen LogP contribution in [0.4, 0.5) is 0 Å². The van der Waals surface area contributed by atoms with E-state index in [2.05, 4.69) is 88.7 Å². The Hall–Kier alpha value is -1.74. The van der Waals surface area contributed by atoms with Crippen molar-refractivity contribution in [2.24, 2.45) is 0 Å². The number of benzene rings is 2. The van der Waals surface area contributed by atoms with Crippen LogP contribution in [-0.4, -0.2) is 35.9 Å². The van der Waals surface area contributed by atoms with Crippen molar-refractivity contribution >= 4 is 14.7 Å². The second-order valence-corrected chi connectivity index (χ2v) is 7.79. The van der Waals surface area contributed by atoms with Crippen LogP contribution < -0.4 is 0 Å². The zero-order valence-electron chi connectivity index (χ0n) is 13.3. The first-order valence-corrected chi connectivity index (χ1v) is 9.53. The summed E-state index contributed by atoms with van der Waals surface area (Å²) in [5.74, 6) is 0.366. The van der Waals surface area contributed by atoms with Gasteiger partial charge >= 0.3 is 143 Å². The topological polar surface area (TPSA) is 29.0 Å². The molecule has 1 aliphatic heterocycles. The molecule has 4 rings (SSSR count). The van der Waals surface area contributed by atoms with Gasteiger partial charge in [-0.1, -0.05) is 0 Å². The molecule has 1 aromatic heterocycles. The van der Waals surface area contributed by atoms with E-state index in [0.29, 0.717) is 12.0 Å². The Morgan fingerprint density at radius 3 is 2.17 bits per heavy atom. The number of fused-ring (bicyclic) bond motifs is 1. The van der Waals surface area contributed by atoms with E-state index in [1.807, 2.05) is 0 Å². The van der Waals surface area contributed by atoms with Crippen molar-refractivity contribution < 1.29 is 0 Å². The van der Waals surface area contributed by atoms with Crippen molar-refractivity contribution in [2.75, 3.05) is 7.05 Å². The van der Waals surface area contributed by atoms with Gasteiger partial charge in [0.1, 0.15) is 0 Å². The van der Waals surface area contributed by atoms with Crippen LogP contribution in [0.5, 0.6) is 0 Å². The van der Waals surface area contributed by atoms with Gasteiger partial charge in [0.25, 0.3) is 0 Å². The van der Waals surface area contributed by atoms with Crippen LogP contribution in [0.15, 0.2) is 60.7 Å². The number of aromatic nitrogens is 2. The minimum atomic E-state index is 0.125. The molecule has 2 heterocycles. The van der Waals surface area contributed by atoms with Crippen LogP contribution in [0.3, 0.4) is 0 Å². The van der Waals surface area contributed by atoms with Crippen molar-refractivity contribution in [3.05, 3.63) is 81.9 Å². The normalized spacial score (nSPS) is 24.3. The van der Waals surface area contributed by atoms with Crippen molar-refractivity contribution in [2.45, 2.75) is 24.9 Å². The predicted molar refractivity (Wildman–Crippen MR) is 92.6 cm³/mol. The second kappa shape index (κ2) is 6.04. The molecule has 4 heteroatoms. The third-order valence-electron chi connectivity index (χ3n) is 4.80. The molecule has 0 radical (unpaired) electrons. The Bertz CT molecular complexity index is 785. The molecule has 3 nitrogen and oxygen atoms in total. The van der Waals surface area contributed by atoms with E-state index in [1.165, 1.54) is 21.3 Å². The maximum atomic E-state index is 4.53. The standard InChI is InChI=1S/C19H19N3Se/c1-13-16-19(23-21-20-16)18(15-11-7-4-8-12-15)22(2)17(13)14-9-5-3-6-10-14/h3-13,17-18H,1-2H3/t13-,17-,18-/m0/s1. The van der Waals surface area contributed by atoms with Crippen LogP contribution in [0, 0.1) is 0 Å². The van der Waals surface area contributed by atoms with Crippen molar-refractivity contribution in [1.29, 1.82) is 0 Å². The molecule has 0 saturated heterocycles. The van der Waals surface area contributed by atoms with Gasteiger partial charge in [-0.3, -0.25) is 0 Å². The van der Waals surface area contributed by atoms with Gasteiger partial charge < -0.3 is 0 Å². The number of likely N-dealkylation sites (N-methyl/N-ethyl adjacent to an activating group) is 1. The Balaban J connectivity index is 1.86. The fraction of sp³-hybridized carbons (Fsp3) is 0.263. The quantitative estimate of drug-likeness (QED) is 0.649. The van der Waals surface area contributed by atoms with E-state index in [4.69, 9.17) is 0 Å². The molecule has 0 N–H and O–H groups in total. The van der Waals surface area contributed by atoms with Gasteiger partial charge in [0.05, 0.1) is 0 Å². The second-order valence-electron chi connectivity index (χ2n) is 6.15. The molecule has 2 aromatic carbocycles. The van der Waals surface area contributed by atoms with Crippen LogP contribution in [0.2, 0.25) is 0 Å². The van der Waals surface area contributed by atoms with E-state index in [1.54, 1.807) is 0 Å². The van der Waals surface area contributed by atoms with Gasteiger partial charge in [-0.25, -0.2) is 0 Å². The van der Waals surface area contributed by atoms with Gasteiger partial charge in [0, 0.05) is 0 Å². The van der Waals surface area contributed by atoms with Crippen molar-refractivity contribution in [3.8, 4) is 0 Å². The Morgan fingerprint density at radius 1 is 0.913 bits per heavy atom. The molecule has 3 atom stereocenters. The van der Waals surface area contributed by atoms with Crippen molar-refractivity contribution in [1.82, 2.24) is 14.1 Å². The van der Waals surface area contributed by atoms with E-state index >= 15 is 0 Å². The summed E-state index contributed by atoms with van der Waals surface area (Å²) in [6.45, 7) is 2.28. The van der Waals surface area contributed by atoms with Gasteiger partial charge in [-0.05, 0) is 0 Å². The molecule has 0 saturated carbocycles. The Kier molecular flexibility index (Phi) is 3.90. The summed E-state index contributed by atoms with van der Waals surface area (Å²) in [7, 11) is 2.24. The van der Waals surface area contributed by atoms with E-state index < -0.39 is 0 Å². The number of nitrogens with zero attached hydrogens (tertiary/aromatic N) is 3. The summed E-state index contributed by atoms with van der Waals surface area (Å²) >= 11 is 0.125. The third-order valence-corrected chi connectivity index (χ3v) is 6.46. The third kappa shape index (κ3) is 2.47. The van der Waals surface area contributed by atoms with E-state index in [9.17, 15) is 0 Å². The number of hydrogen-bond acceptors (Lipinski definition) is 3. The molecule has 0 amide bonds. The molecule has 0 aliphatic carbocycles. The first-order chi connectivity index (χ1) is 11.3. The number of rotatable bonds is 2. The fourth-order valence-electron chi connectivity index (χ4n) is 3.75. The maximum absolute atomic E-state index is 4.53. The number of hydrogen-bond donors (Lipinski definition) is 0. The van der Waals surface area contributed by atoms with E-state index in [-0.39, 0.29) is 20.8 Å². The van der Waals surface area contributed by atoms with E-state index in [0.717, 1.165) is 0 Å². The average Bonchev–Trinajstić information content (AvgIpc) is 3.07. The average molecular weight is 368 g/mol. The SMILES string of the molecule is C[C@H]1c2nn[se]c2[C@H](c2ccccc2)N(C)[C@@H]1c1ccccc1. The first-order valence-electron chi connectivity index (χ1n) is 7.91. The van der Waals surface area contributed by atoms with Gasteiger partial charge in [0.2, 0.25) is 0 Å². The summed E-state index contributed by atoms with van der Waals surface area (Å²) < 4.78 is 5.83. The Labute approximate surface area is 143 Å². The fourth-order valence-corrected chi connectivity index (χ4v) is 5.72. The van der Waals surface area contributed by atoms with Crippen LogP contribution in [0.25, 0.3) is 0 Å². The predicted octanol–water partition coefficient (Wildman–Crippen LogP) is 3.41. The van der Waals surface area contributed by atoms with Crippen LogP contribution in [0.1, 0.15) is 46.2 Å². The molecule has 0 bridgehead atoms.